The van der Waals surface area contributed by atoms with Crippen LogP contribution in [0.5, 0.6) is 0 Å². The molecule has 0 bridgehead atoms. The Balaban J connectivity index is 3.66. The molecule has 0 amide bonds. The highest BCUT2D eigenvalue weighted by Crippen LogP contribution is 1.91. The van der Waals surface area contributed by atoms with Gasteiger partial charge in [-0.3, -0.25) is 9.69 Å². The second-order valence-electron chi connectivity index (χ2n) is 3.57. The van der Waals surface area contributed by atoms with Crippen LogP contribution >= 0.6 is 0 Å². The third-order valence-electron chi connectivity index (χ3n) is 2.21. The van der Waals surface area contributed by atoms with Crippen molar-refractivity contribution in [2.75, 3.05) is 39.8 Å². The summed E-state index contributed by atoms with van der Waals surface area (Å²) in [5.41, 5.74) is 0. The molecular formula is C10H22N2O2. The highest BCUT2D eigenvalue weighted by molar-refractivity contribution is 5.69. The second kappa shape index (κ2) is 7.76. The molecule has 0 heterocycles. The van der Waals surface area contributed by atoms with Crippen LogP contribution in [-0.2, 0) is 4.79 Å². The van der Waals surface area contributed by atoms with Gasteiger partial charge in [0.15, 0.2) is 0 Å². The molecule has 0 saturated carbocycles. The van der Waals surface area contributed by atoms with Gasteiger partial charge in [-0.05, 0) is 26.6 Å². The van der Waals surface area contributed by atoms with Gasteiger partial charge in [-0.1, -0.05) is 13.8 Å². The lowest BCUT2D eigenvalue weighted by molar-refractivity contribution is -0.138. The van der Waals surface area contributed by atoms with Crippen molar-refractivity contribution in [1.82, 2.24) is 9.80 Å². The van der Waals surface area contributed by atoms with Gasteiger partial charge in [0.2, 0.25) is 0 Å². The van der Waals surface area contributed by atoms with Crippen molar-refractivity contribution in [2.45, 2.75) is 20.3 Å². The van der Waals surface area contributed by atoms with Crippen LogP contribution in [-0.4, -0.2) is 60.6 Å². The van der Waals surface area contributed by atoms with Gasteiger partial charge in [0.25, 0.3) is 0 Å². The van der Waals surface area contributed by atoms with Gasteiger partial charge in [0.1, 0.15) is 0 Å². The van der Waals surface area contributed by atoms with Crippen LogP contribution in [0.3, 0.4) is 0 Å². The van der Waals surface area contributed by atoms with Crippen molar-refractivity contribution >= 4 is 5.97 Å². The molecule has 14 heavy (non-hydrogen) atoms. The zero-order valence-corrected chi connectivity index (χ0v) is 9.49. The van der Waals surface area contributed by atoms with Gasteiger partial charge in [-0.25, -0.2) is 0 Å². The maximum atomic E-state index is 10.5. The molecule has 0 rings (SSSR count). The molecule has 1 N–H and O–H groups in total. The van der Waals surface area contributed by atoms with Gasteiger partial charge >= 0.3 is 5.97 Å². The van der Waals surface area contributed by atoms with E-state index in [0.29, 0.717) is 0 Å². The van der Waals surface area contributed by atoms with Crippen LogP contribution in [0.1, 0.15) is 20.3 Å². The zero-order chi connectivity index (χ0) is 11.0. The van der Waals surface area contributed by atoms with E-state index < -0.39 is 5.97 Å². The second-order valence-corrected chi connectivity index (χ2v) is 3.57. The van der Waals surface area contributed by atoms with Crippen LogP contribution in [0, 0.1) is 0 Å². The number of carboxylic acid groups (broad SMARTS) is 1. The summed E-state index contributed by atoms with van der Waals surface area (Å²) < 4.78 is 0. The summed E-state index contributed by atoms with van der Waals surface area (Å²) in [4.78, 5) is 14.6. The standard InChI is InChI=1S/C10H22N2O2/c1-4-6-11(3)7-8-12(5-2)9-10(13)14/h4-9H2,1-3H3,(H,13,14). The number of carbonyl (C=O) groups is 1. The van der Waals surface area contributed by atoms with E-state index in [2.05, 4.69) is 18.9 Å². The molecule has 0 fully saturated rings. The smallest absolute Gasteiger partial charge is 0.317 e. The molecule has 0 aromatic rings. The SMILES string of the molecule is CCCN(C)CCN(CC)CC(=O)O. The molecule has 0 saturated heterocycles. The molecule has 0 aromatic heterocycles. The fraction of sp³-hybridized carbons (Fsp3) is 0.900. The molecule has 0 aromatic carbocycles. The first-order chi connectivity index (χ1) is 6.60. The molecule has 0 aliphatic heterocycles. The van der Waals surface area contributed by atoms with E-state index in [9.17, 15) is 4.79 Å². The Hall–Kier alpha value is -0.610. The van der Waals surface area contributed by atoms with Crippen molar-refractivity contribution < 1.29 is 9.90 Å². The minimum atomic E-state index is -0.745. The maximum absolute atomic E-state index is 10.5. The lowest BCUT2D eigenvalue weighted by atomic mass is 10.4. The van der Waals surface area contributed by atoms with Crippen molar-refractivity contribution in [1.29, 1.82) is 0 Å². The van der Waals surface area contributed by atoms with Gasteiger partial charge in [-0.2, -0.15) is 0 Å². The molecule has 0 unspecified atom stereocenters. The van der Waals surface area contributed by atoms with Crippen molar-refractivity contribution in [3.63, 3.8) is 0 Å². The Morgan fingerprint density at radius 3 is 2.29 bits per heavy atom. The third kappa shape index (κ3) is 6.86. The van der Waals surface area contributed by atoms with Crippen LogP contribution in [0.4, 0.5) is 0 Å². The summed E-state index contributed by atoms with van der Waals surface area (Å²) in [7, 11) is 2.07. The predicted octanol–water partition coefficient (Wildman–Crippen LogP) is 0.735. The molecule has 0 radical (unpaired) electrons. The van der Waals surface area contributed by atoms with E-state index in [1.54, 1.807) is 0 Å². The van der Waals surface area contributed by atoms with Crippen LogP contribution in [0.15, 0.2) is 0 Å². The summed E-state index contributed by atoms with van der Waals surface area (Å²) in [6, 6.07) is 0. The minimum Gasteiger partial charge on any atom is -0.480 e. The lowest BCUT2D eigenvalue weighted by Gasteiger charge is -2.22. The third-order valence-corrected chi connectivity index (χ3v) is 2.21. The number of rotatable bonds is 8. The van der Waals surface area contributed by atoms with Crippen LogP contribution < -0.4 is 0 Å². The average Bonchev–Trinajstić information content (AvgIpc) is 2.12. The van der Waals surface area contributed by atoms with E-state index in [1.165, 1.54) is 0 Å². The van der Waals surface area contributed by atoms with E-state index in [0.717, 1.165) is 32.6 Å². The highest BCUT2D eigenvalue weighted by atomic mass is 16.4. The number of aliphatic carboxylic acids is 1. The average molecular weight is 202 g/mol. The molecule has 0 atom stereocenters. The molecule has 0 aliphatic carbocycles. The Morgan fingerprint density at radius 2 is 1.86 bits per heavy atom. The quantitative estimate of drug-likeness (QED) is 0.630. The number of carboxylic acids is 1. The normalized spacial score (nSPS) is 11.2. The van der Waals surface area contributed by atoms with E-state index >= 15 is 0 Å². The first-order valence-corrected chi connectivity index (χ1v) is 5.22. The highest BCUT2D eigenvalue weighted by Gasteiger charge is 2.07. The molecular weight excluding hydrogens is 180 g/mol. The summed E-state index contributed by atoms with van der Waals surface area (Å²) >= 11 is 0. The van der Waals surface area contributed by atoms with E-state index in [-0.39, 0.29) is 6.54 Å². The predicted molar refractivity (Wildman–Crippen MR) is 57.5 cm³/mol. The Bertz CT molecular complexity index is 162. The number of hydrogen-bond acceptors (Lipinski definition) is 3. The number of hydrogen-bond donors (Lipinski definition) is 1. The summed E-state index contributed by atoms with van der Waals surface area (Å²) in [5, 5.41) is 8.63. The molecule has 4 nitrogen and oxygen atoms in total. The summed E-state index contributed by atoms with van der Waals surface area (Å²) in [6.07, 6.45) is 1.14. The monoisotopic (exact) mass is 202 g/mol. The van der Waals surface area contributed by atoms with Gasteiger partial charge in [-0.15, -0.1) is 0 Å². The Kier molecular flexibility index (Phi) is 7.42. The van der Waals surface area contributed by atoms with Crippen LogP contribution in [0.25, 0.3) is 0 Å². The minimum absolute atomic E-state index is 0.149. The summed E-state index contributed by atoms with van der Waals surface area (Å²) in [6.45, 7) is 7.93. The van der Waals surface area contributed by atoms with Crippen molar-refractivity contribution in [3.8, 4) is 0 Å². The van der Waals surface area contributed by atoms with Crippen LogP contribution in [0.2, 0.25) is 0 Å². The van der Waals surface area contributed by atoms with Gasteiger partial charge < -0.3 is 10.0 Å². The molecule has 0 spiro atoms. The van der Waals surface area contributed by atoms with Crippen molar-refractivity contribution in [3.05, 3.63) is 0 Å². The lowest BCUT2D eigenvalue weighted by Crippen LogP contribution is -2.36. The maximum Gasteiger partial charge on any atom is 0.317 e. The molecule has 84 valence electrons. The molecule has 0 aliphatic rings. The van der Waals surface area contributed by atoms with E-state index in [4.69, 9.17) is 5.11 Å². The van der Waals surface area contributed by atoms with Gasteiger partial charge in [0, 0.05) is 13.1 Å². The van der Waals surface area contributed by atoms with E-state index in [1.807, 2.05) is 11.8 Å². The Labute approximate surface area is 86.5 Å². The topological polar surface area (TPSA) is 43.8 Å². The largest absolute Gasteiger partial charge is 0.480 e. The Morgan fingerprint density at radius 1 is 1.21 bits per heavy atom. The fourth-order valence-electron chi connectivity index (χ4n) is 1.35. The first-order valence-electron chi connectivity index (χ1n) is 5.22. The van der Waals surface area contributed by atoms with Crippen molar-refractivity contribution in [2.24, 2.45) is 0 Å². The molecule has 4 heteroatoms. The first kappa shape index (κ1) is 13.4. The number of likely N-dealkylation sites (N-methyl/N-ethyl adjacent to an activating group) is 2. The fourth-order valence-corrected chi connectivity index (χ4v) is 1.35. The van der Waals surface area contributed by atoms with Gasteiger partial charge in [0.05, 0.1) is 6.54 Å². The summed E-state index contributed by atoms with van der Waals surface area (Å²) in [5.74, 6) is -0.745. The zero-order valence-electron chi connectivity index (χ0n) is 9.49. The number of nitrogens with zero attached hydrogens (tertiary/aromatic N) is 2.